The summed E-state index contributed by atoms with van der Waals surface area (Å²) in [7, 11) is 3.59. The zero-order chi connectivity index (χ0) is 12.0. The van der Waals surface area contributed by atoms with Crippen molar-refractivity contribution in [3.8, 4) is 0 Å². The predicted octanol–water partition coefficient (Wildman–Crippen LogP) is 1.44. The maximum absolute atomic E-state index is 5.16. The average molecular weight is 244 g/mol. The zero-order valence-corrected chi connectivity index (χ0v) is 11.2. The highest BCUT2D eigenvalue weighted by molar-refractivity contribution is 7.15. The number of rotatable bonds is 7. The summed E-state index contributed by atoms with van der Waals surface area (Å²) in [6.45, 7) is 6.87. The lowest BCUT2D eigenvalue weighted by Gasteiger charge is -2.25. The standard InChI is InChI=1S/C10H20N4OS/c1-5-14(8(2)7-15-4)6-9-12-13-10(11-3)16-9/h8H,5-7H2,1-4H3,(H,11,13). The lowest BCUT2D eigenvalue weighted by Crippen LogP contribution is -2.35. The molecule has 0 aromatic carbocycles. The number of nitrogens with zero attached hydrogens (tertiary/aromatic N) is 3. The molecule has 1 heterocycles. The van der Waals surface area contributed by atoms with Gasteiger partial charge in [-0.2, -0.15) is 0 Å². The number of nitrogens with one attached hydrogen (secondary N) is 1. The number of ether oxygens (including phenoxy) is 1. The van der Waals surface area contributed by atoms with Gasteiger partial charge in [-0.25, -0.2) is 0 Å². The minimum atomic E-state index is 0.400. The fourth-order valence-corrected chi connectivity index (χ4v) is 2.24. The van der Waals surface area contributed by atoms with Crippen LogP contribution < -0.4 is 5.32 Å². The van der Waals surface area contributed by atoms with E-state index in [-0.39, 0.29) is 0 Å². The minimum absolute atomic E-state index is 0.400. The molecule has 5 nitrogen and oxygen atoms in total. The second kappa shape index (κ2) is 6.78. The van der Waals surface area contributed by atoms with Gasteiger partial charge in [0.1, 0.15) is 5.01 Å². The van der Waals surface area contributed by atoms with E-state index < -0.39 is 0 Å². The molecular weight excluding hydrogens is 224 g/mol. The Morgan fingerprint density at radius 3 is 2.75 bits per heavy atom. The lowest BCUT2D eigenvalue weighted by atomic mass is 10.3. The Labute approximate surface area is 101 Å². The van der Waals surface area contributed by atoms with Gasteiger partial charge in [0.25, 0.3) is 0 Å². The van der Waals surface area contributed by atoms with Gasteiger partial charge >= 0.3 is 0 Å². The molecule has 0 amide bonds. The van der Waals surface area contributed by atoms with E-state index in [1.54, 1.807) is 18.4 Å². The van der Waals surface area contributed by atoms with Crippen LogP contribution in [0.4, 0.5) is 5.13 Å². The molecule has 1 atom stereocenters. The van der Waals surface area contributed by atoms with Crippen LogP contribution in [-0.2, 0) is 11.3 Å². The molecule has 0 aliphatic rings. The summed E-state index contributed by atoms with van der Waals surface area (Å²) in [5, 5.41) is 13.1. The fraction of sp³-hybridized carbons (Fsp3) is 0.800. The number of aromatic nitrogens is 2. The van der Waals surface area contributed by atoms with Crippen molar-refractivity contribution in [1.29, 1.82) is 0 Å². The Balaban J connectivity index is 2.55. The van der Waals surface area contributed by atoms with Gasteiger partial charge in [-0.3, -0.25) is 4.90 Å². The van der Waals surface area contributed by atoms with Crippen molar-refractivity contribution in [1.82, 2.24) is 15.1 Å². The van der Waals surface area contributed by atoms with Crippen molar-refractivity contribution in [2.24, 2.45) is 0 Å². The molecule has 0 saturated carbocycles. The van der Waals surface area contributed by atoms with Crippen LogP contribution in [0.25, 0.3) is 0 Å². The van der Waals surface area contributed by atoms with Crippen LogP contribution in [-0.4, -0.2) is 48.4 Å². The number of hydrogen-bond donors (Lipinski definition) is 1. The number of methoxy groups -OCH3 is 1. The van der Waals surface area contributed by atoms with Gasteiger partial charge in [-0.05, 0) is 13.5 Å². The smallest absolute Gasteiger partial charge is 0.205 e. The van der Waals surface area contributed by atoms with Gasteiger partial charge in [-0.15, -0.1) is 10.2 Å². The maximum atomic E-state index is 5.16. The molecule has 92 valence electrons. The van der Waals surface area contributed by atoms with Crippen LogP contribution in [0.15, 0.2) is 0 Å². The largest absolute Gasteiger partial charge is 0.383 e. The zero-order valence-electron chi connectivity index (χ0n) is 10.4. The third-order valence-electron chi connectivity index (χ3n) is 2.46. The quantitative estimate of drug-likeness (QED) is 0.786. The van der Waals surface area contributed by atoms with Gasteiger partial charge < -0.3 is 10.1 Å². The predicted molar refractivity (Wildman–Crippen MR) is 66.9 cm³/mol. The molecule has 0 bridgehead atoms. The summed E-state index contributed by atoms with van der Waals surface area (Å²) in [4.78, 5) is 2.32. The van der Waals surface area contributed by atoms with E-state index in [0.717, 1.165) is 29.8 Å². The summed E-state index contributed by atoms with van der Waals surface area (Å²) in [6, 6.07) is 0.400. The Kier molecular flexibility index (Phi) is 5.65. The van der Waals surface area contributed by atoms with Crippen LogP contribution in [0.1, 0.15) is 18.9 Å². The molecule has 1 aromatic heterocycles. The van der Waals surface area contributed by atoms with Crippen molar-refractivity contribution in [3.05, 3.63) is 5.01 Å². The topological polar surface area (TPSA) is 50.3 Å². The minimum Gasteiger partial charge on any atom is -0.383 e. The van der Waals surface area contributed by atoms with Gasteiger partial charge in [0.05, 0.1) is 13.2 Å². The Hall–Kier alpha value is -0.720. The Morgan fingerprint density at radius 2 is 2.25 bits per heavy atom. The van der Waals surface area contributed by atoms with Crippen LogP contribution in [0.3, 0.4) is 0 Å². The summed E-state index contributed by atoms with van der Waals surface area (Å²) in [5.74, 6) is 0. The Bertz CT molecular complexity index is 305. The molecule has 0 saturated heterocycles. The number of anilines is 1. The molecular formula is C10H20N4OS. The second-order valence-corrected chi connectivity index (χ2v) is 4.68. The average Bonchev–Trinajstić information content (AvgIpc) is 2.73. The highest BCUT2D eigenvalue weighted by Crippen LogP contribution is 2.17. The summed E-state index contributed by atoms with van der Waals surface area (Å²) in [5.41, 5.74) is 0. The van der Waals surface area contributed by atoms with Crippen LogP contribution in [0, 0.1) is 0 Å². The van der Waals surface area contributed by atoms with Crippen molar-refractivity contribution in [2.75, 3.05) is 32.6 Å². The second-order valence-electron chi connectivity index (χ2n) is 3.62. The third-order valence-corrected chi connectivity index (χ3v) is 3.38. The SMILES string of the molecule is CCN(Cc1nnc(NC)s1)C(C)COC. The summed E-state index contributed by atoms with van der Waals surface area (Å²) >= 11 is 1.60. The van der Waals surface area contributed by atoms with E-state index >= 15 is 0 Å². The molecule has 16 heavy (non-hydrogen) atoms. The molecule has 1 aromatic rings. The van der Waals surface area contributed by atoms with Crippen LogP contribution in [0.5, 0.6) is 0 Å². The first-order valence-corrected chi connectivity index (χ1v) is 6.26. The fourth-order valence-electron chi connectivity index (χ4n) is 1.52. The van der Waals surface area contributed by atoms with Crippen molar-refractivity contribution in [2.45, 2.75) is 26.4 Å². The van der Waals surface area contributed by atoms with Gasteiger partial charge in [0.2, 0.25) is 5.13 Å². The van der Waals surface area contributed by atoms with Crippen LogP contribution >= 0.6 is 11.3 Å². The van der Waals surface area contributed by atoms with Gasteiger partial charge in [-0.1, -0.05) is 18.3 Å². The maximum Gasteiger partial charge on any atom is 0.205 e. The normalized spacial score (nSPS) is 13.1. The van der Waals surface area contributed by atoms with E-state index in [2.05, 4.69) is 34.3 Å². The molecule has 1 unspecified atom stereocenters. The number of likely N-dealkylation sites (N-methyl/N-ethyl adjacent to an activating group) is 1. The monoisotopic (exact) mass is 244 g/mol. The first-order chi connectivity index (χ1) is 7.71. The lowest BCUT2D eigenvalue weighted by molar-refractivity contribution is 0.0980. The highest BCUT2D eigenvalue weighted by atomic mass is 32.1. The third kappa shape index (κ3) is 3.70. The van der Waals surface area contributed by atoms with Crippen LogP contribution in [0.2, 0.25) is 0 Å². The summed E-state index contributed by atoms with van der Waals surface area (Å²) in [6.07, 6.45) is 0. The molecule has 0 spiro atoms. The Morgan fingerprint density at radius 1 is 1.50 bits per heavy atom. The van der Waals surface area contributed by atoms with Crippen molar-refractivity contribution in [3.63, 3.8) is 0 Å². The molecule has 6 heteroatoms. The van der Waals surface area contributed by atoms with E-state index in [9.17, 15) is 0 Å². The molecule has 1 N–H and O–H groups in total. The van der Waals surface area contributed by atoms with E-state index in [1.165, 1.54) is 0 Å². The first kappa shape index (κ1) is 13.3. The van der Waals surface area contributed by atoms with Gasteiger partial charge in [0, 0.05) is 20.2 Å². The molecule has 0 radical (unpaired) electrons. The summed E-state index contributed by atoms with van der Waals surface area (Å²) < 4.78 is 5.16. The van der Waals surface area contributed by atoms with E-state index in [4.69, 9.17) is 4.74 Å². The molecule has 0 fully saturated rings. The highest BCUT2D eigenvalue weighted by Gasteiger charge is 2.14. The molecule has 0 aliphatic heterocycles. The van der Waals surface area contributed by atoms with E-state index in [1.807, 2.05) is 7.05 Å². The number of hydrogen-bond acceptors (Lipinski definition) is 6. The molecule has 1 rings (SSSR count). The van der Waals surface area contributed by atoms with Crippen molar-refractivity contribution >= 4 is 16.5 Å². The van der Waals surface area contributed by atoms with Crippen molar-refractivity contribution < 1.29 is 4.74 Å². The van der Waals surface area contributed by atoms with Gasteiger partial charge in [0.15, 0.2) is 0 Å². The van der Waals surface area contributed by atoms with E-state index in [0.29, 0.717) is 6.04 Å². The first-order valence-electron chi connectivity index (χ1n) is 5.44. The molecule has 0 aliphatic carbocycles.